The predicted octanol–water partition coefficient (Wildman–Crippen LogP) is 3.03. The number of H-pyrrole nitrogens is 1. The molecule has 0 radical (unpaired) electrons. The maximum Gasteiger partial charge on any atom is 0.349 e. The smallest absolute Gasteiger partial charge is 0.349 e. The Morgan fingerprint density at radius 3 is 2.62 bits per heavy atom. The molecule has 2 aromatic heterocycles. The van der Waals surface area contributed by atoms with Crippen LogP contribution < -0.4 is 22.2 Å². The second-order valence-corrected chi connectivity index (χ2v) is 10.5. The van der Waals surface area contributed by atoms with Gasteiger partial charge in [-0.2, -0.15) is 4.68 Å². The normalized spacial score (nSPS) is 16.9. The predicted molar refractivity (Wildman–Crippen MR) is 150 cm³/mol. The Labute approximate surface area is 232 Å². The van der Waals surface area contributed by atoms with Gasteiger partial charge in [-0.05, 0) is 62.1 Å². The maximum atomic E-state index is 13.7. The van der Waals surface area contributed by atoms with Gasteiger partial charge in [-0.3, -0.25) is 24.8 Å². The minimum atomic E-state index is -0.831. The van der Waals surface area contributed by atoms with Crippen LogP contribution in [0.15, 0.2) is 58.3 Å². The Morgan fingerprint density at radius 1 is 1.10 bits per heavy atom. The number of pyridine rings is 1. The minimum absolute atomic E-state index is 0.0542. The molecule has 3 N–H and O–H groups in total. The molecule has 0 aliphatic carbocycles. The van der Waals surface area contributed by atoms with Crippen molar-refractivity contribution in [3.8, 4) is 0 Å². The molecule has 0 spiro atoms. The number of nitrogens with one attached hydrogen (secondary N) is 3. The van der Waals surface area contributed by atoms with E-state index in [0.717, 1.165) is 24.8 Å². The van der Waals surface area contributed by atoms with Gasteiger partial charge in [0.2, 0.25) is 11.8 Å². The number of carbonyl (C=O) groups is 2. The summed E-state index contributed by atoms with van der Waals surface area (Å²) in [6.45, 7) is 4.46. The summed E-state index contributed by atoms with van der Waals surface area (Å²) in [5.41, 5.74) is 4.73. The lowest BCUT2D eigenvalue weighted by Gasteiger charge is -2.28. The Kier molecular flexibility index (Phi) is 10.2. The van der Waals surface area contributed by atoms with Crippen LogP contribution >= 0.6 is 0 Å². The Morgan fingerprint density at radius 2 is 1.90 bits per heavy atom. The zero-order valence-corrected chi connectivity index (χ0v) is 22.9. The number of fused-ring (bicyclic) bond motifs is 1. The van der Waals surface area contributed by atoms with E-state index < -0.39 is 41.2 Å². The van der Waals surface area contributed by atoms with E-state index in [-0.39, 0.29) is 17.0 Å². The Balaban J connectivity index is 1.57. The van der Waals surface area contributed by atoms with Crippen LogP contribution in [-0.2, 0) is 25.6 Å². The molecule has 0 saturated carbocycles. The van der Waals surface area contributed by atoms with Crippen LogP contribution in [0.5, 0.6) is 0 Å². The molecule has 1 saturated heterocycles. The second kappa shape index (κ2) is 14.0. The summed E-state index contributed by atoms with van der Waals surface area (Å²) < 4.78 is 6.21. The highest BCUT2D eigenvalue weighted by Crippen LogP contribution is 2.27. The van der Waals surface area contributed by atoms with Gasteiger partial charge in [-0.15, -0.1) is 0 Å². The van der Waals surface area contributed by atoms with Gasteiger partial charge >= 0.3 is 5.69 Å². The number of benzene rings is 1. The highest BCUT2D eigenvalue weighted by Gasteiger charge is 2.35. The van der Waals surface area contributed by atoms with Crippen molar-refractivity contribution in [2.45, 2.75) is 65.1 Å². The molecule has 3 heterocycles. The number of rotatable bonds is 12. The van der Waals surface area contributed by atoms with Crippen molar-refractivity contribution in [1.82, 2.24) is 20.1 Å². The number of hydroxylamine groups is 1. The van der Waals surface area contributed by atoms with Crippen molar-refractivity contribution in [3.05, 3.63) is 75.1 Å². The fourth-order valence-electron chi connectivity index (χ4n) is 4.99. The SMILES string of the molecule is CC(C)C[C@@H](C(=O)Nn1c(=O)[nH]c2ncccc2c1=O)[C@H](CCCc1ccccc1)C(=O)NOC1CCCCO1. The molecule has 1 aliphatic rings. The van der Waals surface area contributed by atoms with Crippen molar-refractivity contribution in [1.29, 1.82) is 0 Å². The Bertz CT molecular complexity index is 1400. The van der Waals surface area contributed by atoms with E-state index in [1.54, 1.807) is 6.07 Å². The van der Waals surface area contributed by atoms with Crippen LogP contribution in [0, 0.1) is 17.8 Å². The topological polar surface area (TPSA) is 144 Å². The van der Waals surface area contributed by atoms with Gasteiger partial charge in [0.1, 0.15) is 5.65 Å². The third-order valence-corrected chi connectivity index (χ3v) is 7.03. The van der Waals surface area contributed by atoms with E-state index in [9.17, 15) is 19.2 Å². The first-order valence-electron chi connectivity index (χ1n) is 13.9. The van der Waals surface area contributed by atoms with Gasteiger partial charge in [-0.1, -0.05) is 44.2 Å². The largest absolute Gasteiger partial charge is 0.350 e. The van der Waals surface area contributed by atoms with Crippen LogP contribution in [0.3, 0.4) is 0 Å². The van der Waals surface area contributed by atoms with Crippen LogP contribution in [0.2, 0.25) is 0 Å². The first-order valence-corrected chi connectivity index (χ1v) is 13.9. The number of aryl methyl sites for hydroxylation is 1. The lowest BCUT2D eigenvalue weighted by molar-refractivity contribution is -0.203. The second-order valence-electron chi connectivity index (χ2n) is 10.5. The number of aromatic amines is 1. The summed E-state index contributed by atoms with van der Waals surface area (Å²) in [4.78, 5) is 65.0. The van der Waals surface area contributed by atoms with E-state index in [2.05, 4.69) is 20.9 Å². The minimum Gasteiger partial charge on any atom is -0.350 e. The van der Waals surface area contributed by atoms with E-state index in [1.165, 1.54) is 12.3 Å². The number of carbonyl (C=O) groups excluding carboxylic acids is 2. The van der Waals surface area contributed by atoms with E-state index >= 15 is 0 Å². The molecule has 1 aliphatic heterocycles. The molecule has 4 rings (SSSR count). The van der Waals surface area contributed by atoms with Gasteiger partial charge in [0.05, 0.1) is 17.2 Å². The molecule has 1 aromatic carbocycles. The number of nitrogens with zero attached hydrogens (tertiary/aromatic N) is 2. The molecule has 1 fully saturated rings. The fraction of sp³-hybridized carbons (Fsp3) is 0.483. The van der Waals surface area contributed by atoms with Crippen molar-refractivity contribution < 1.29 is 19.2 Å². The van der Waals surface area contributed by atoms with Crippen molar-refractivity contribution in [3.63, 3.8) is 0 Å². The summed E-state index contributed by atoms with van der Waals surface area (Å²) >= 11 is 0. The third kappa shape index (κ3) is 7.64. The molecule has 11 nitrogen and oxygen atoms in total. The highest BCUT2D eigenvalue weighted by atomic mass is 16.8. The number of hydrogen-bond acceptors (Lipinski definition) is 7. The lowest BCUT2D eigenvalue weighted by atomic mass is 9.81. The van der Waals surface area contributed by atoms with Gasteiger partial charge in [0, 0.05) is 19.2 Å². The van der Waals surface area contributed by atoms with Crippen LogP contribution in [0.1, 0.15) is 57.9 Å². The van der Waals surface area contributed by atoms with Crippen LogP contribution in [0.25, 0.3) is 11.0 Å². The number of aromatic nitrogens is 3. The van der Waals surface area contributed by atoms with E-state index in [1.807, 2.05) is 44.2 Å². The molecule has 214 valence electrons. The van der Waals surface area contributed by atoms with Crippen LogP contribution in [0.4, 0.5) is 0 Å². The molecule has 3 aromatic rings. The zero-order valence-electron chi connectivity index (χ0n) is 22.9. The molecular formula is C29H37N5O6. The summed E-state index contributed by atoms with van der Waals surface area (Å²) in [5, 5.41) is 0.154. The highest BCUT2D eigenvalue weighted by molar-refractivity contribution is 5.91. The monoisotopic (exact) mass is 551 g/mol. The standard InChI is InChI=1S/C29H37N5O6/c1-19(2)18-23(26(35)32-34-28(37)22-14-9-16-30-25(22)31-29(34)38)21(13-8-12-20-10-4-3-5-11-20)27(36)33-40-24-15-6-7-17-39-24/h3-5,9-11,14,16,19,21,23-24H,6-8,12-13,15,17-18H2,1-2H3,(H,32,35)(H,33,36)(H,30,31,38)/t21-,23+,24?/m0/s1. The quantitative estimate of drug-likeness (QED) is 0.294. The number of hydrogen-bond donors (Lipinski definition) is 3. The first kappa shape index (κ1) is 29.2. The molecule has 40 heavy (non-hydrogen) atoms. The van der Waals surface area contributed by atoms with Crippen LogP contribution in [-0.4, -0.2) is 39.4 Å². The third-order valence-electron chi connectivity index (χ3n) is 7.03. The fourth-order valence-corrected chi connectivity index (χ4v) is 4.99. The van der Waals surface area contributed by atoms with Crippen molar-refractivity contribution in [2.24, 2.45) is 17.8 Å². The zero-order chi connectivity index (χ0) is 28.5. The first-order chi connectivity index (χ1) is 19.3. The van der Waals surface area contributed by atoms with Gasteiger partial charge in [0.15, 0.2) is 6.29 Å². The summed E-state index contributed by atoms with van der Waals surface area (Å²) in [6, 6.07) is 13.0. The van der Waals surface area contributed by atoms with Gasteiger partial charge in [0.25, 0.3) is 5.56 Å². The maximum absolute atomic E-state index is 13.7. The molecule has 1 unspecified atom stereocenters. The Hall–Kier alpha value is -3.83. The number of amides is 2. The molecule has 3 atom stereocenters. The molecule has 11 heteroatoms. The van der Waals surface area contributed by atoms with E-state index in [0.29, 0.717) is 37.0 Å². The average molecular weight is 552 g/mol. The molecular weight excluding hydrogens is 514 g/mol. The molecule has 0 bridgehead atoms. The lowest BCUT2D eigenvalue weighted by Crippen LogP contribution is -2.48. The number of ether oxygens (including phenoxy) is 1. The summed E-state index contributed by atoms with van der Waals surface area (Å²) in [7, 11) is 0. The summed E-state index contributed by atoms with van der Waals surface area (Å²) in [6.07, 6.45) is 5.58. The summed E-state index contributed by atoms with van der Waals surface area (Å²) in [5.74, 6) is -2.59. The van der Waals surface area contributed by atoms with Crippen molar-refractivity contribution in [2.75, 3.05) is 12.0 Å². The van der Waals surface area contributed by atoms with Crippen molar-refractivity contribution >= 4 is 22.8 Å². The van der Waals surface area contributed by atoms with Gasteiger partial charge in [-0.25, -0.2) is 20.1 Å². The molecule has 2 amide bonds. The average Bonchev–Trinajstić information content (AvgIpc) is 2.96. The van der Waals surface area contributed by atoms with Gasteiger partial charge < -0.3 is 4.74 Å². The van der Waals surface area contributed by atoms with E-state index in [4.69, 9.17) is 9.57 Å².